The highest BCUT2D eigenvalue weighted by Crippen LogP contribution is 2.32. The van der Waals surface area contributed by atoms with Gasteiger partial charge < -0.3 is 20.1 Å². The number of carbonyl (C=O) groups is 1. The molecule has 0 aliphatic carbocycles. The average molecular weight is 514 g/mol. The summed E-state index contributed by atoms with van der Waals surface area (Å²) in [5.74, 6) is 0.412. The zero-order chi connectivity index (χ0) is 24.4. The van der Waals surface area contributed by atoms with E-state index >= 15 is 0 Å². The maximum absolute atomic E-state index is 13.4. The van der Waals surface area contributed by atoms with Crippen LogP contribution in [0.15, 0.2) is 48.8 Å². The molecule has 1 aliphatic rings. The minimum absolute atomic E-state index is 0.173. The SMILES string of the molecule is O=C(c1nc2c(Nc3ccc(OCc4cccc(F)c4)c(Cl)c3)ncnc2s1)N1CCC(O)CC1. The largest absolute Gasteiger partial charge is 0.487 e. The number of nitrogens with one attached hydrogen (secondary N) is 1. The Morgan fingerprint density at radius 1 is 1.23 bits per heavy atom. The van der Waals surface area contributed by atoms with Crippen molar-refractivity contribution in [1.29, 1.82) is 0 Å². The van der Waals surface area contributed by atoms with Crippen molar-refractivity contribution in [3.63, 3.8) is 0 Å². The Labute approximate surface area is 209 Å². The number of aromatic nitrogens is 3. The molecule has 0 atom stereocenters. The number of rotatable bonds is 6. The van der Waals surface area contributed by atoms with Crippen molar-refractivity contribution in [2.24, 2.45) is 0 Å². The first-order chi connectivity index (χ1) is 17.0. The predicted molar refractivity (Wildman–Crippen MR) is 132 cm³/mol. The summed E-state index contributed by atoms with van der Waals surface area (Å²) in [7, 11) is 0. The van der Waals surface area contributed by atoms with Gasteiger partial charge in [0.15, 0.2) is 10.8 Å². The number of nitrogens with zero attached hydrogens (tertiary/aromatic N) is 4. The minimum Gasteiger partial charge on any atom is -0.487 e. The second kappa shape index (κ2) is 10.1. The number of piperidine rings is 1. The number of hydrogen-bond donors (Lipinski definition) is 2. The van der Waals surface area contributed by atoms with Crippen LogP contribution in [0.3, 0.4) is 0 Å². The summed E-state index contributed by atoms with van der Waals surface area (Å²) in [6.45, 7) is 1.18. The monoisotopic (exact) mass is 513 g/mol. The molecule has 1 saturated heterocycles. The van der Waals surface area contributed by atoms with Crippen LogP contribution in [0.25, 0.3) is 10.3 Å². The number of ether oxygens (including phenoxy) is 1. The van der Waals surface area contributed by atoms with E-state index in [0.717, 1.165) is 0 Å². The van der Waals surface area contributed by atoms with Crippen LogP contribution < -0.4 is 10.1 Å². The highest BCUT2D eigenvalue weighted by atomic mass is 35.5. The van der Waals surface area contributed by atoms with Crippen LogP contribution in [0.1, 0.15) is 28.2 Å². The van der Waals surface area contributed by atoms with Gasteiger partial charge in [0.2, 0.25) is 0 Å². The summed E-state index contributed by atoms with van der Waals surface area (Å²) in [5, 5.41) is 13.6. The molecule has 0 saturated carbocycles. The van der Waals surface area contributed by atoms with E-state index in [4.69, 9.17) is 16.3 Å². The highest BCUT2D eigenvalue weighted by Gasteiger charge is 2.25. The number of benzene rings is 2. The fourth-order valence-electron chi connectivity index (χ4n) is 3.76. The topological polar surface area (TPSA) is 100 Å². The Morgan fingerprint density at radius 2 is 2.06 bits per heavy atom. The van der Waals surface area contributed by atoms with Gasteiger partial charge in [-0.2, -0.15) is 0 Å². The minimum atomic E-state index is -0.360. The quantitative estimate of drug-likeness (QED) is 0.382. The van der Waals surface area contributed by atoms with E-state index in [9.17, 15) is 14.3 Å². The maximum Gasteiger partial charge on any atom is 0.282 e. The fraction of sp³-hybridized carbons (Fsp3) is 0.250. The molecule has 0 spiro atoms. The number of aliphatic hydroxyl groups is 1. The van der Waals surface area contributed by atoms with Crippen LogP contribution in [-0.2, 0) is 6.61 Å². The van der Waals surface area contributed by atoms with Gasteiger partial charge in [-0.25, -0.2) is 19.3 Å². The lowest BCUT2D eigenvalue weighted by Crippen LogP contribution is -2.40. The van der Waals surface area contributed by atoms with Gasteiger partial charge >= 0.3 is 0 Å². The molecule has 1 amide bonds. The third-order valence-corrected chi connectivity index (χ3v) is 6.85. The van der Waals surface area contributed by atoms with Gasteiger partial charge in [0.1, 0.15) is 34.8 Å². The molecule has 1 aliphatic heterocycles. The summed E-state index contributed by atoms with van der Waals surface area (Å²) in [6.07, 6.45) is 2.17. The first kappa shape index (κ1) is 23.4. The molecule has 0 radical (unpaired) electrons. The van der Waals surface area contributed by atoms with Crippen molar-refractivity contribution in [3.05, 3.63) is 70.2 Å². The number of fused-ring (bicyclic) bond motifs is 1. The van der Waals surface area contributed by atoms with Crippen LogP contribution >= 0.6 is 22.9 Å². The highest BCUT2D eigenvalue weighted by molar-refractivity contribution is 7.19. The van der Waals surface area contributed by atoms with Crippen LogP contribution in [0, 0.1) is 5.82 Å². The van der Waals surface area contributed by atoms with E-state index in [1.165, 1.54) is 29.8 Å². The molecule has 4 aromatic rings. The summed E-state index contributed by atoms with van der Waals surface area (Å²) in [6, 6.07) is 11.4. The zero-order valence-corrected chi connectivity index (χ0v) is 20.0. The van der Waals surface area contributed by atoms with Crippen LogP contribution in [0.4, 0.5) is 15.9 Å². The second-order valence-corrected chi connectivity index (χ2v) is 9.49. The molecule has 8 nitrogen and oxygen atoms in total. The Kier molecular flexibility index (Phi) is 6.76. The van der Waals surface area contributed by atoms with Gasteiger partial charge in [-0.1, -0.05) is 35.1 Å². The Hall–Kier alpha value is -3.34. The van der Waals surface area contributed by atoms with Crippen LogP contribution in [0.5, 0.6) is 5.75 Å². The number of aliphatic hydroxyl groups excluding tert-OH is 1. The van der Waals surface area contributed by atoms with Gasteiger partial charge in [-0.3, -0.25) is 4.79 Å². The van der Waals surface area contributed by atoms with Crippen molar-refractivity contribution in [2.75, 3.05) is 18.4 Å². The first-order valence-electron chi connectivity index (χ1n) is 11.0. The van der Waals surface area contributed by atoms with Crippen molar-refractivity contribution >= 4 is 50.7 Å². The van der Waals surface area contributed by atoms with Crippen molar-refractivity contribution in [3.8, 4) is 5.75 Å². The molecule has 35 heavy (non-hydrogen) atoms. The van der Waals surface area contributed by atoms with E-state index in [1.807, 2.05) is 0 Å². The number of hydrogen-bond acceptors (Lipinski definition) is 8. The number of halogens is 2. The summed E-state index contributed by atoms with van der Waals surface area (Å²) in [5.41, 5.74) is 1.83. The maximum atomic E-state index is 13.4. The van der Waals surface area contributed by atoms with E-state index in [2.05, 4.69) is 20.3 Å². The van der Waals surface area contributed by atoms with Crippen LogP contribution in [0.2, 0.25) is 5.02 Å². The third-order valence-electron chi connectivity index (χ3n) is 5.61. The molecule has 11 heteroatoms. The molecule has 0 bridgehead atoms. The number of anilines is 2. The number of amides is 1. The molecule has 2 aromatic heterocycles. The van der Waals surface area contributed by atoms with Crippen molar-refractivity contribution < 1.29 is 19.0 Å². The average Bonchev–Trinajstić information content (AvgIpc) is 3.29. The summed E-state index contributed by atoms with van der Waals surface area (Å²) >= 11 is 7.61. The molecule has 180 valence electrons. The summed E-state index contributed by atoms with van der Waals surface area (Å²) in [4.78, 5) is 28.2. The lowest BCUT2D eigenvalue weighted by molar-refractivity contribution is 0.0546. The summed E-state index contributed by atoms with van der Waals surface area (Å²) < 4.78 is 19.1. The fourth-order valence-corrected chi connectivity index (χ4v) is 4.87. The Bertz CT molecular complexity index is 1380. The zero-order valence-electron chi connectivity index (χ0n) is 18.4. The van der Waals surface area contributed by atoms with Gasteiger partial charge in [0, 0.05) is 18.8 Å². The second-order valence-electron chi connectivity index (χ2n) is 8.11. The smallest absolute Gasteiger partial charge is 0.282 e. The third kappa shape index (κ3) is 5.34. The molecule has 5 rings (SSSR count). The normalized spacial score (nSPS) is 14.3. The van der Waals surface area contributed by atoms with E-state index < -0.39 is 0 Å². The Balaban J connectivity index is 1.31. The number of thiazole rings is 1. The number of carbonyl (C=O) groups excluding carboxylic acids is 1. The van der Waals surface area contributed by atoms with Crippen molar-refractivity contribution in [1.82, 2.24) is 19.9 Å². The number of likely N-dealkylation sites (tertiary alicyclic amines) is 1. The molecular formula is C24H21ClFN5O3S. The van der Waals surface area contributed by atoms with E-state index in [1.54, 1.807) is 35.2 Å². The lowest BCUT2D eigenvalue weighted by atomic mass is 10.1. The Morgan fingerprint density at radius 3 is 2.83 bits per heavy atom. The molecule has 0 unspecified atom stereocenters. The van der Waals surface area contributed by atoms with Crippen LogP contribution in [-0.4, -0.2) is 50.1 Å². The molecule has 3 heterocycles. The lowest BCUT2D eigenvalue weighted by Gasteiger charge is -2.28. The van der Waals surface area contributed by atoms with Gasteiger partial charge in [0.25, 0.3) is 5.91 Å². The molecule has 1 fully saturated rings. The van der Waals surface area contributed by atoms with Gasteiger partial charge in [-0.15, -0.1) is 0 Å². The first-order valence-corrected chi connectivity index (χ1v) is 12.2. The van der Waals surface area contributed by atoms with E-state index in [-0.39, 0.29) is 24.4 Å². The molecule has 2 N–H and O–H groups in total. The van der Waals surface area contributed by atoms with Gasteiger partial charge in [0.05, 0.1) is 11.1 Å². The van der Waals surface area contributed by atoms with Gasteiger partial charge in [-0.05, 0) is 48.7 Å². The van der Waals surface area contributed by atoms with E-state index in [0.29, 0.717) is 69.1 Å². The molecular weight excluding hydrogens is 493 g/mol. The standard InChI is InChI=1S/C24H21ClFN5O3S/c25-18-11-16(4-5-19(18)34-12-14-2-1-3-15(26)10-14)29-21-20-22(28-13-27-21)35-23(30-20)24(33)31-8-6-17(32)7-9-31/h1-5,10-11,13,17,32H,6-9,12H2,(H,27,28,29). The van der Waals surface area contributed by atoms with Crippen molar-refractivity contribution in [2.45, 2.75) is 25.6 Å². The predicted octanol–water partition coefficient (Wildman–Crippen LogP) is 4.80. The molecule has 2 aromatic carbocycles.